The first-order chi connectivity index (χ1) is 0. The van der Waals surface area contributed by atoms with Crippen LogP contribution in [0.4, 0.5) is 0 Å². The molecule has 0 aliphatic carbocycles. The predicted molar refractivity (Wildman–Crippen MR) is 10.8 cm³/mol. The van der Waals surface area contributed by atoms with E-state index in [9.17, 15) is 0 Å². The molecule has 0 heterocycles. The molecule has 3 nitrogen and oxygen atoms in total. The van der Waals surface area contributed by atoms with Crippen molar-refractivity contribution in [2.75, 3.05) is 0 Å². The first-order valence-corrected chi connectivity index (χ1v) is 0. The summed E-state index contributed by atoms with van der Waals surface area (Å²) in [5, 5.41) is 0. The normalized spacial score (nSPS) is 0. The molecule has 0 rings (SSSR count). The summed E-state index contributed by atoms with van der Waals surface area (Å²) >= 11 is 0. The molecule has 0 amide bonds. The fourth-order valence-electron chi connectivity index (χ4n) is 0. The SMILES string of the molecule is O.O.O.[Eu].[Y].[Y]. The van der Waals surface area contributed by atoms with Crippen LogP contribution in [0, 0.1) is 49.4 Å². The van der Waals surface area contributed by atoms with Crippen molar-refractivity contribution in [1.29, 1.82) is 0 Å². The number of rotatable bonds is 0. The van der Waals surface area contributed by atoms with Gasteiger partial charge in [0.2, 0.25) is 0 Å². The second kappa shape index (κ2) is 37.9. The molecular formula is H6EuO3Y2. The van der Waals surface area contributed by atoms with Gasteiger partial charge < -0.3 is 16.4 Å². The van der Waals surface area contributed by atoms with E-state index in [2.05, 4.69) is 0 Å². The summed E-state index contributed by atoms with van der Waals surface area (Å²) in [5.41, 5.74) is 0. The quantitative estimate of drug-likeness (QED) is 0.443. The molecule has 0 saturated heterocycles. The molecule has 0 fully saturated rings. The summed E-state index contributed by atoms with van der Waals surface area (Å²) in [7, 11) is 0. The van der Waals surface area contributed by atoms with Crippen LogP contribution < -0.4 is 0 Å². The van der Waals surface area contributed by atoms with Gasteiger partial charge in [0.05, 0.1) is 0 Å². The Labute approximate surface area is 128 Å². The van der Waals surface area contributed by atoms with E-state index in [0.29, 0.717) is 0 Å². The standard InChI is InChI=1S/Eu.3H2O.2Y/h;3*1H2;;. The summed E-state index contributed by atoms with van der Waals surface area (Å²) in [6.45, 7) is 0. The second-order valence-corrected chi connectivity index (χ2v) is 0. The third-order valence-corrected chi connectivity index (χ3v) is 0. The fraction of sp³-hybridized carbons (Fsp3) is 0. The van der Waals surface area contributed by atoms with Crippen LogP contribution in [0.2, 0.25) is 0 Å². The van der Waals surface area contributed by atoms with Crippen LogP contribution in [0.1, 0.15) is 0 Å². The Kier molecular flexibility index (Phi) is 340. The van der Waals surface area contributed by atoms with Gasteiger partial charge in [-0.25, -0.2) is 0 Å². The first kappa shape index (κ1) is 53.9. The summed E-state index contributed by atoms with van der Waals surface area (Å²) < 4.78 is 0. The van der Waals surface area contributed by atoms with Gasteiger partial charge in [-0.1, -0.05) is 0 Å². The second-order valence-electron chi connectivity index (χ2n) is 0. The van der Waals surface area contributed by atoms with E-state index >= 15 is 0 Å². The largest absolute Gasteiger partial charge is 0.412 e. The fourth-order valence-corrected chi connectivity index (χ4v) is 0. The van der Waals surface area contributed by atoms with Gasteiger partial charge in [-0.05, 0) is 0 Å². The van der Waals surface area contributed by atoms with Crippen LogP contribution in [0.15, 0.2) is 0 Å². The van der Waals surface area contributed by atoms with Crippen molar-refractivity contribution in [3.05, 3.63) is 0 Å². The minimum Gasteiger partial charge on any atom is -0.412 e. The van der Waals surface area contributed by atoms with Crippen molar-refractivity contribution in [3.8, 4) is 0 Å². The van der Waals surface area contributed by atoms with E-state index in [-0.39, 0.29) is 131 Å². The zero-order chi connectivity index (χ0) is 0. The van der Waals surface area contributed by atoms with E-state index in [0.717, 1.165) is 0 Å². The van der Waals surface area contributed by atoms with E-state index in [1.165, 1.54) is 0 Å². The Balaban J connectivity index is 0. The van der Waals surface area contributed by atoms with E-state index in [1.807, 2.05) is 0 Å². The van der Waals surface area contributed by atoms with Crippen LogP contribution in [0.25, 0.3) is 0 Å². The molecule has 0 atom stereocenters. The summed E-state index contributed by atoms with van der Waals surface area (Å²) in [6, 6.07) is 0. The summed E-state index contributed by atoms with van der Waals surface area (Å²) in [6.07, 6.45) is 0. The van der Waals surface area contributed by atoms with Crippen LogP contribution in [-0.2, 0) is 65.4 Å². The maximum absolute atomic E-state index is 0. The Morgan fingerprint density at radius 1 is 0.500 bits per heavy atom. The average molecular weight is 384 g/mol. The Morgan fingerprint density at radius 2 is 0.500 bits per heavy atom. The maximum Gasteiger partial charge on any atom is 0 e. The van der Waals surface area contributed by atoms with Crippen molar-refractivity contribution < 1.29 is 131 Å². The van der Waals surface area contributed by atoms with E-state index < -0.39 is 0 Å². The molecule has 0 aliphatic heterocycles. The molecule has 6 heavy (non-hydrogen) atoms. The molecule has 37 valence electrons. The van der Waals surface area contributed by atoms with Crippen LogP contribution >= 0.6 is 0 Å². The van der Waals surface area contributed by atoms with Gasteiger partial charge >= 0.3 is 0 Å². The van der Waals surface area contributed by atoms with Crippen LogP contribution in [0.5, 0.6) is 0 Å². The van der Waals surface area contributed by atoms with Gasteiger partial charge in [0.15, 0.2) is 0 Å². The van der Waals surface area contributed by atoms with E-state index in [1.54, 1.807) is 0 Å². The van der Waals surface area contributed by atoms with Crippen molar-refractivity contribution in [2.45, 2.75) is 0 Å². The Hall–Kier alpha value is 3.67. The van der Waals surface area contributed by atoms with Gasteiger partial charge in [0, 0.05) is 115 Å². The topological polar surface area (TPSA) is 94.5 Å². The Bertz CT molecular complexity index is 8.75. The molecular weight excluding hydrogens is 378 g/mol. The number of hydrogen-bond donors (Lipinski definition) is 0. The molecule has 0 saturated carbocycles. The van der Waals surface area contributed by atoms with Crippen molar-refractivity contribution in [3.63, 3.8) is 0 Å². The van der Waals surface area contributed by atoms with Crippen molar-refractivity contribution >= 4 is 0 Å². The van der Waals surface area contributed by atoms with Gasteiger partial charge in [-0.2, -0.15) is 0 Å². The number of hydrogen-bond acceptors (Lipinski definition) is 0. The molecule has 0 aliphatic rings. The minimum atomic E-state index is 0. The molecule has 0 aromatic heterocycles. The molecule has 0 bridgehead atoms. The molecule has 0 unspecified atom stereocenters. The third kappa shape index (κ3) is 25.3. The van der Waals surface area contributed by atoms with Crippen LogP contribution in [-0.4, -0.2) is 16.4 Å². The predicted octanol–water partition coefficient (Wildman–Crippen LogP) is -2.48. The third-order valence-electron chi connectivity index (χ3n) is 0. The smallest absolute Gasteiger partial charge is 0 e. The van der Waals surface area contributed by atoms with Crippen LogP contribution in [0.3, 0.4) is 0 Å². The van der Waals surface area contributed by atoms with Crippen molar-refractivity contribution in [1.82, 2.24) is 0 Å². The van der Waals surface area contributed by atoms with Gasteiger partial charge in [-0.3, -0.25) is 0 Å². The molecule has 0 spiro atoms. The van der Waals surface area contributed by atoms with Gasteiger partial charge in [0.1, 0.15) is 0 Å². The van der Waals surface area contributed by atoms with E-state index in [4.69, 9.17) is 0 Å². The molecule has 0 aromatic carbocycles. The monoisotopic (exact) mass is 385 g/mol. The zero-order valence-corrected chi connectivity index (χ0v) is 11.1. The molecule has 6 N–H and O–H groups in total. The van der Waals surface area contributed by atoms with Gasteiger partial charge in [-0.15, -0.1) is 0 Å². The zero-order valence-electron chi connectivity index (χ0n) is 3.03. The molecule has 6 heteroatoms. The minimum absolute atomic E-state index is 0. The van der Waals surface area contributed by atoms with Gasteiger partial charge in [0.25, 0.3) is 0 Å². The summed E-state index contributed by atoms with van der Waals surface area (Å²) in [4.78, 5) is 0. The average Bonchev–Trinajstić information content (AvgIpc) is 0. The Morgan fingerprint density at radius 3 is 0.500 bits per heavy atom. The molecule has 3 radical (unpaired) electrons. The summed E-state index contributed by atoms with van der Waals surface area (Å²) in [5.74, 6) is 0. The van der Waals surface area contributed by atoms with Crippen molar-refractivity contribution in [2.24, 2.45) is 0 Å². The molecule has 0 aromatic rings. The first-order valence-electron chi connectivity index (χ1n) is 0. The maximum atomic E-state index is 0.